The van der Waals surface area contributed by atoms with Gasteiger partial charge in [0.25, 0.3) is 0 Å². The minimum atomic E-state index is -0.611. The largest absolute Gasteiger partial charge is 0.494 e. The Morgan fingerprint density at radius 2 is 0.875 bits per heavy atom. The van der Waals surface area contributed by atoms with E-state index in [-0.39, 0.29) is 0 Å². The summed E-state index contributed by atoms with van der Waals surface area (Å²) in [4.78, 5) is 0. The molecule has 1 unspecified atom stereocenters. The van der Waals surface area contributed by atoms with Crippen LogP contribution in [0.25, 0.3) is 54.9 Å². The van der Waals surface area contributed by atoms with Gasteiger partial charge in [0.2, 0.25) is 0 Å². The first-order valence-corrected chi connectivity index (χ1v) is 17.0. The molecule has 48 heavy (non-hydrogen) atoms. The molecule has 3 heteroatoms. The number of hydrogen-bond donors (Lipinski definition) is 0. The average molecular weight is 619 g/mol. The summed E-state index contributed by atoms with van der Waals surface area (Å²) in [5.41, 5.74) is 12.4. The molecule has 7 aromatic rings. The van der Waals surface area contributed by atoms with Crippen molar-refractivity contribution in [1.29, 1.82) is 0 Å². The van der Waals surface area contributed by atoms with Gasteiger partial charge >= 0.3 is 7.12 Å². The zero-order valence-electron chi connectivity index (χ0n) is 27.7. The second-order valence-electron chi connectivity index (χ2n) is 14.6. The van der Waals surface area contributed by atoms with Gasteiger partial charge in [-0.1, -0.05) is 140 Å². The Kier molecular flexibility index (Phi) is 5.60. The summed E-state index contributed by atoms with van der Waals surface area (Å²) in [6.45, 7) is 8.52. The summed E-state index contributed by atoms with van der Waals surface area (Å²) in [5.74, 6) is 0. The molecule has 1 aliphatic heterocycles. The van der Waals surface area contributed by atoms with E-state index in [1.807, 2.05) is 0 Å². The molecule has 0 radical (unpaired) electrons. The molecule has 1 spiro atoms. The standard InChI is InChI=1S/C45H35BO2/c1-43(2)44(3,4)48-46(47-43)28-25-26-34-30-16-6-5-15-29(30)33-19-11-13-23-38(33)45(40(34)27-28)39-24-14-12-22-37(39)41-35-20-9-7-17-31(35)32-18-8-10-21-36(32)42(41)45/h5-27H,1-4H3. The maximum Gasteiger partial charge on any atom is 0.494 e. The van der Waals surface area contributed by atoms with Crippen molar-refractivity contribution in [2.24, 2.45) is 0 Å². The third-order valence-corrected chi connectivity index (χ3v) is 11.7. The molecule has 7 aromatic carbocycles. The van der Waals surface area contributed by atoms with Crippen LogP contribution in [0.2, 0.25) is 0 Å². The lowest BCUT2D eigenvalue weighted by atomic mass is 9.63. The highest BCUT2D eigenvalue weighted by atomic mass is 16.7. The van der Waals surface area contributed by atoms with Crippen molar-refractivity contribution in [3.8, 4) is 33.4 Å². The monoisotopic (exact) mass is 618 g/mol. The number of fused-ring (bicyclic) bond motifs is 17. The average Bonchev–Trinajstić information content (AvgIpc) is 3.51. The molecule has 0 amide bonds. The van der Waals surface area contributed by atoms with Crippen molar-refractivity contribution in [3.63, 3.8) is 0 Å². The summed E-state index contributed by atoms with van der Waals surface area (Å²) >= 11 is 0. The zero-order valence-corrected chi connectivity index (χ0v) is 27.7. The lowest BCUT2D eigenvalue weighted by molar-refractivity contribution is 0.00578. The van der Waals surface area contributed by atoms with Crippen molar-refractivity contribution in [1.82, 2.24) is 0 Å². The fraction of sp³-hybridized carbons (Fsp3) is 0.156. The van der Waals surface area contributed by atoms with E-state index in [0.29, 0.717) is 0 Å². The van der Waals surface area contributed by atoms with Crippen molar-refractivity contribution in [2.45, 2.75) is 44.3 Å². The van der Waals surface area contributed by atoms with Crippen molar-refractivity contribution in [2.75, 3.05) is 0 Å². The van der Waals surface area contributed by atoms with Crippen LogP contribution in [0.3, 0.4) is 0 Å². The molecule has 3 aliphatic rings. The van der Waals surface area contributed by atoms with Crippen LogP contribution in [-0.2, 0) is 14.7 Å². The van der Waals surface area contributed by atoms with Gasteiger partial charge in [0.1, 0.15) is 0 Å². The highest BCUT2D eigenvalue weighted by Crippen LogP contribution is 2.64. The summed E-state index contributed by atoms with van der Waals surface area (Å²) in [6.07, 6.45) is 0. The van der Waals surface area contributed by atoms with Crippen molar-refractivity contribution < 1.29 is 9.31 Å². The van der Waals surface area contributed by atoms with E-state index in [2.05, 4.69) is 167 Å². The first-order valence-electron chi connectivity index (χ1n) is 17.0. The third kappa shape index (κ3) is 3.45. The molecule has 0 bridgehead atoms. The summed E-state index contributed by atoms with van der Waals surface area (Å²) < 4.78 is 13.4. The molecule has 1 fully saturated rings. The Labute approximate surface area is 282 Å². The van der Waals surface area contributed by atoms with E-state index in [0.717, 1.165) is 5.46 Å². The molecule has 0 N–H and O–H groups in total. The Bertz CT molecular complexity index is 2470. The van der Waals surface area contributed by atoms with Crippen molar-refractivity contribution >= 4 is 34.1 Å². The molecular weight excluding hydrogens is 583 g/mol. The Morgan fingerprint density at radius 3 is 1.52 bits per heavy atom. The van der Waals surface area contributed by atoms with E-state index in [1.165, 1.54) is 77.2 Å². The SMILES string of the molecule is CC1(C)OB(c2ccc3c(c2)C2(c4ccccc4-c4ccccc4-3)c3ccccc3-c3c2c2ccccc2c2ccccc32)OC1(C)C. The van der Waals surface area contributed by atoms with Crippen LogP contribution < -0.4 is 5.46 Å². The molecule has 230 valence electrons. The fourth-order valence-corrected chi connectivity index (χ4v) is 8.91. The summed E-state index contributed by atoms with van der Waals surface area (Å²) in [7, 11) is -0.476. The van der Waals surface area contributed by atoms with E-state index < -0.39 is 23.7 Å². The van der Waals surface area contributed by atoms with Crippen LogP contribution in [0.15, 0.2) is 140 Å². The van der Waals surface area contributed by atoms with Crippen LogP contribution in [0, 0.1) is 0 Å². The Morgan fingerprint density at radius 1 is 0.417 bits per heavy atom. The van der Waals surface area contributed by atoms with E-state index >= 15 is 0 Å². The molecule has 10 rings (SSSR count). The van der Waals surface area contributed by atoms with Gasteiger partial charge in [-0.2, -0.15) is 0 Å². The first-order chi connectivity index (χ1) is 23.3. The molecule has 2 aliphatic carbocycles. The molecular formula is C45H35BO2. The van der Waals surface area contributed by atoms with Crippen molar-refractivity contribution in [3.05, 3.63) is 162 Å². The molecule has 1 atom stereocenters. The second-order valence-corrected chi connectivity index (χ2v) is 14.6. The van der Waals surface area contributed by atoms with Gasteiger partial charge in [0, 0.05) is 0 Å². The minimum absolute atomic E-state index is 0.441. The van der Waals surface area contributed by atoms with Gasteiger partial charge in [-0.15, -0.1) is 0 Å². The highest BCUT2D eigenvalue weighted by Gasteiger charge is 2.54. The first kappa shape index (κ1) is 28.1. The lowest BCUT2D eigenvalue weighted by Crippen LogP contribution is -2.41. The smallest absolute Gasteiger partial charge is 0.399 e. The van der Waals surface area contributed by atoms with E-state index in [9.17, 15) is 0 Å². The maximum atomic E-state index is 6.71. The summed E-state index contributed by atoms with van der Waals surface area (Å²) in [6, 6.07) is 52.1. The van der Waals surface area contributed by atoms with E-state index in [1.54, 1.807) is 0 Å². The van der Waals surface area contributed by atoms with Gasteiger partial charge in [0.05, 0.1) is 16.6 Å². The quantitative estimate of drug-likeness (QED) is 0.135. The highest BCUT2D eigenvalue weighted by molar-refractivity contribution is 6.62. The van der Waals surface area contributed by atoms with Crippen LogP contribution in [0.1, 0.15) is 49.9 Å². The topological polar surface area (TPSA) is 18.5 Å². The molecule has 2 nitrogen and oxygen atoms in total. The van der Waals surface area contributed by atoms with Crippen LogP contribution in [-0.4, -0.2) is 18.3 Å². The Hall–Kier alpha value is -4.96. The van der Waals surface area contributed by atoms with Gasteiger partial charge in [-0.25, -0.2) is 0 Å². The second kappa shape index (κ2) is 9.57. The third-order valence-electron chi connectivity index (χ3n) is 11.7. The predicted octanol–water partition coefficient (Wildman–Crippen LogP) is 10.3. The van der Waals surface area contributed by atoms with Gasteiger partial charge < -0.3 is 9.31 Å². The van der Waals surface area contributed by atoms with Crippen LogP contribution in [0.4, 0.5) is 0 Å². The number of benzene rings is 7. The van der Waals surface area contributed by atoms with E-state index in [4.69, 9.17) is 9.31 Å². The van der Waals surface area contributed by atoms with Gasteiger partial charge in [-0.3, -0.25) is 0 Å². The molecule has 1 saturated heterocycles. The minimum Gasteiger partial charge on any atom is -0.399 e. The summed E-state index contributed by atoms with van der Waals surface area (Å²) in [5, 5.41) is 5.14. The van der Waals surface area contributed by atoms with Gasteiger partial charge in [-0.05, 0) is 110 Å². The molecule has 0 saturated carbocycles. The molecule has 0 aromatic heterocycles. The zero-order chi connectivity index (χ0) is 32.4. The van der Waals surface area contributed by atoms with Crippen LogP contribution in [0.5, 0.6) is 0 Å². The number of rotatable bonds is 1. The predicted molar refractivity (Wildman–Crippen MR) is 199 cm³/mol. The number of hydrogen-bond acceptors (Lipinski definition) is 2. The maximum absolute atomic E-state index is 6.71. The fourth-order valence-electron chi connectivity index (χ4n) is 8.91. The van der Waals surface area contributed by atoms with Gasteiger partial charge in [0.15, 0.2) is 0 Å². The lowest BCUT2D eigenvalue weighted by Gasteiger charge is -2.36. The normalized spacial score (nSPS) is 19.5. The van der Waals surface area contributed by atoms with Crippen LogP contribution >= 0.6 is 0 Å². The molecule has 1 heterocycles. The Balaban J connectivity index is 1.43.